The zero-order chi connectivity index (χ0) is 23.8. The third-order valence-corrected chi connectivity index (χ3v) is 6.50. The fourth-order valence-electron chi connectivity index (χ4n) is 4.72. The predicted molar refractivity (Wildman–Crippen MR) is 125 cm³/mol. The van der Waals surface area contributed by atoms with Crippen LogP contribution in [0.5, 0.6) is 0 Å². The Morgan fingerprint density at radius 3 is 2.42 bits per heavy atom. The average Bonchev–Trinajstić information content (AvgIpc) is 3.10. The lowest BCUT2D eigenvalue weighted by Crippen LogP contribution is -2.62. The fraction of sp³-hybridized carbons (Fsp3) is 0.360. The molecule has 8 nitrogen and oxygen atoms in total. The number of fused-ring (bicyclic) bond motifs is 3. The van der Waals surface area contributed by atoms with E-state index in [2.05, 4.69) is 10.6 Å². The molecule has 1 unspecified atom stereocenters. The molecule has 0 aromatic heterocycles. The van der Waals surface area contributed by atoms with Crippen molar-refractivity contribution in [2.24, 2.45) is 0 Å². The maximum Gasteiger partial charge on any atom is 0.257 e. The van der Waals surface area contributed by atoms with Crippen molar-refractivity contribution in [1.29, 1.82) is 0 Å². The second-order valence-corrected chi connectivity index (χ2v) is 8.76. The molecule has 2 heterocycles. The Balaban J connectivity index is 1.38. The fourth-order valence-corrected chi connectivity index (χ4v) is 4.72. The topological polar surface area (TPSA) is 98.8 Å². The van der Waals surface area contributed by atoms with Crippen LogP contribution in [0.25, 0.3) is 0 Å². The third kappa shape index (κ3) is 4.08. The summed E-state index contributed by atoms with van der Waals surface area (Å²) in [6, 6.07) is 12.8. The van der Waals surface area contributed by atoms with E-state index in [0.29, 0.717) is 24.1 Å². The minimum Gasteiger partial charge on any atom is -0.347 e. The molecule has 2 aromatic rings. The van der Waals surface area contributed by atoms with E-state index in [1.807, 2.05) is 45.0 Å². The van der Waals surface area contributed by atoms with E-state index in [9.17, 15) is 19.2 Å². The highest BCUT2D eigenvalue weighted by molar-refractivity contribution is 6.10. The van der Waals surface area contributed by atoms with Crippen LogP contribution in [-0.4, -0.2) is 47.3 Å². The minimum atomic E-state index is -0.803. The summed E-state index contributed by atoms with van der Waals surface area (Å²) in [5.41, 5.74) is 2.91. The number of benzene rings is 2. The minimum absolute atomic E-state index is 0.0300. The Morgan fingerprint density at radius 1 is 1.00 bits per heavy atom. The van der Waals surface area contributed by atoms with Gasteiger partial charge in [0.1, 0.15) is 5.66 Å². The highest BCUT2D eigenvalue weighted by atomic mass is 16.2. The third-order valence-electron chi connectivity index (χ3n) is 6.50. The Bertz CT molecular complexity index is 1120. The van der Waals surface area contributed by atoms with Crippen molar-refractivity contribution < 1.29 is 19.2 Å². The number of hydrogen-bond acceptors (Lipinski definition) is 4. The highest BCUT2D eigenvalue weighted by Gasteiger charge is 2.52. The lowest BCUT2D eigenvalue weighted by molar-refractivity contribution is -0.124. The standard InChI is InChI=1S/C25H28N4O4/c1-16-7-6-8-17(2)23(16)27-21(31)15-26-20(30)12-14-28-24(33)18-9-4-5-10-19(18)29-22(32)11-13-25(28,29)3/h4-10H,11-15H2,1-3H3,(H,26,30)(H,27,31). The van der Waals surface area contributed by atoms with Crippen LogP contribution < -0.4 is 15.5 Å². The first kappa shape index (κ1) is 22.5. The Labute approximate surface area is 192 Å². The molecule has 2 N–H and O–H groups in total. The number of carbonyl (C=O) groups excluding carboxylic acids is 4. The van der Waals surface area contributed by atoms with Gasteiger partial charge in [0.25, 0.3) is 5.91 Å². The zero-order valence-corrected chi connectivity index (χ0v) is 19.1. The number of rotatable bonds is 6. The summed E-state index contributed by atoms with van der Waals surface area (Å²) in [7, 11) is 0. The summed E-state index contributed by atoms with van der Waals surface area (Å²) in [6.45, 7) is 5.67. The molecular formula is C25H28N4O4. The van der Waals surface area contributed by atoms with Gasteiger partial charge in [0.15, 0.2) is 0 Å². The molecule has 8 heteroatoms. The molecule has 1 saturated heterocycles. The molecule has 4 amide bonds. The molecular weight excluding hydrogens is 420 g/mol. The van der Waals surface area contributed by atoms with Crippen molar-refractivity contribution in [2.45, 2.75) is 45.7 Å². The van der Waals surface area contributed by atoms with Crippen LogP contribution in [0.4, 0.5) is 11.4 Å². The van der Waals surface area contributed by atoms with E-state index in [4.69, 9.17) is 0 Å². The van der Waals surface area contributed by atoms with Gasteiger partial charge in [-0.25, -0.2) is 0 Å². The summed E-state index contributed by atoms with van der Waals surface area (Å²) in [4.78, 5) is 53.9. The van der Waals surface area contributed by atoms with Crippen molar-refractivity contribution in [1.82, 2.24) is 10.2 Å². The SMILES string of the molecule is Cc1cccc(C)c1NC(=O)CNC(=O)CCN1C(=O)c2ccccc2N2C(=O)CCC12C. The van der Waals surface area contributed by atoms with Gasteiger partial charge in [-0.05, 0) is 50.5 Å². The molecule has 0 aliphatic carbocycles. The molecule has 0 saturated carbocycles. The summed E-state index contributed by atoms with van der Waals surface area (Å²) in [5, 5.41) is 5.46. The molecule has 2 aromatic carbocycles. The molecule has 0 bridgehead atoms. The van der Waals surface area contributed by atoms with E-state index >= 15 is 0 Å². The van der Waals surface area contributed by atoms with Crippen LogP contribution in [0.3, 0.4) is 0 Å². The first-order valence-electron chi connectivity index (χ1n) is 11.1. The van der Waals surface area contributed by atoms with Crippen LogP contribution in [0.2, 0.25) is 0 Å². The molecule has 2 aliphatic heterocycles. The summed E-state index contributed by atoms with van der Waals surface area (Å²) < 4.78 is 0. The number of hydrogen-bond donors (Lipinski definition) is 2. The zero-order valence-electron chi connectivity index (χ0n) is 19.1. The normalized spacial score (nSPS) is 19.2. The van der Waals surface area contributed by atoms with Crippen LogP contribution in [0, 0.1) is 13.8 Å². The average molecular weight is 449 g/mol. The molecule has 2 aliphatic rings. The van der Waals surface area contributed by atoms with Crippen LogP contribution in [0.15, 0.2) is 42.5 Å². The summed E-state index contributed by atoms with van der Waals surface area (Å²) in [5.74, 6) is -0.879. The highest BCUT2D eigenvalue weighted by Crippen LogP contribution is 2.43. The monoisotopic (exact) mass is 448 g/mol. The smallest absolute Gasteiger partial charge is 0.257 e. The number of carbonyl (C=O) groups is 4. The van der Waals surface area contributed by atoms with E-state index in [0.717, 1.165) is 16.8 Å². The van der Waals surface area contributed by atoms with Gasteiger partial charge in [0, 0.05) is 25.1 Å². The molecule has 0 radical (unpaired) electrons. The van der Waals surface area contributed by atoms with Gasteiger partial charge in [-0.15, -0.1) is 0 Å². The first-order valence-corrected chi connectivity index (χ1v) is 11.1. The van der Waals surface area contributed by atoms with E-state index < -0.39 is 5.66 Å². The summed E-state index contributed by atoms with van der Waals surface area (Å²) in [6.07, 6.45) is 0.882. The maximum atomic E-state index is 13.2. The Kier molecular flexibility index (Phi) is 5.93. The van der Waals surface area contributed by atoms with Gasteiger partial charge in [0.2, 0.25) is 17.7 Å². The summed E-state index contributed by atoms with van der Waals surface area (Å²) >= 11 is 0. The second-order valence-electron chi connectivity index (χ2n) is 8.76. The van der Waals surface area contributed by atoms with Gasteiger partial charge in [-0.2, -0.15) is 0 Å². The second kappa shape index (κ2) is 8.69. The first-order chi connectivity index (χ1) is 15.7. The van der Waals surface area contributed by atoms with E-state index in [1.54, 1.807) is 28.0 Å². The van der Waals surface area contributed by atoms with Gasteiger partial charge in [0.05, 0.1) is 17.8 Å². The number of nitrogens with zero attached hydrogens (tertiary/aromatic N) is 2. The number of nitrogens with one attached hydrogen (secondary N) is 2. The molecule has 33 heavy (non-hydrogen) atoms. The number of amides is 4. The number of para-hydroxylation sites is 2. The van der Waals surface area contributed by atoms with Crippen molar-refractivity contribution in [3.05, 3.63) is 59.2 Å². The van der Waals surface area contributed by atoms with Crippen molar-refractivity contribution in [2.75, 3.05) is 23.3 Å². The Morgan fingerprint density at radius 2 is 1.70 bits per heavy atom. The molecule has 0 spiro atoms. The van der Waals surface area contributed by atoms with Crippen LogP contribution in [0.1, 0.15) is 47.7 Å². The van der Waals surface area contributed by atoms with Gasteiger partial charge in [-0.1, -0.05) is 30.3 Å². The van der Waals surface area contributed by atoms with E-state index in [-0.39, 0.29) is 43.1 Å². The maximum absolute atomic E-state index is 13.2. The predicted octanol–water partition coefficient (Wildman–Crippen LogP) is 2.75. The largest absolute Gasteiger partial charge is 0.347 e. The quantitative estimate of drug-likeness (QED) is 0.710. The van der Waals surface area contributed by atoms with Crippen LogP contribution >= 0.6 is 0 Å². The molecule has 172 valence electrons. The van der Waals surface area contributed by atoms with Gasteiger partial charge < -0.3 is 15.5 Å². The van der Waals surface area contributed by atoms with Crippen LogP contribution in [-0.2, 0) is 14.4 Å². The van der Waals surface area contributed by atoms with E-state index in [1.165, 1.54) is 0 Å². The Hall–Kier alpha value is -3.68. The number of anilines is 2. The van der Waals surface area contributed by atoms with Crippen molar-refractivity contribution >= 4 is 35.0 Å². The number of aryl methyl sites for hydroxylation is 2. The van der Waals surface area contributed by atoms with Gasteiger partial charge in [-0.3, -0.25) is 24.1 Å². The molecule has 4 rings (SSSR count). The van der Waals surface area contributed by atoms with Crippen molar-refractivity contribution in [3.8, 4) is 0 Å². The lowest BCUT2D eigenvalue weighted by atomic mass is 9.98. The van der Waals surface area contributed by atoms with Crippen molar-refractivity contribution in [3.63, 3.8) is 0 Å². The lowest BCUT2D eigenvalue weighted by Gasteiger charge is -2.48. The molecule has 1 atom stereocenters. The van der Waals surface area contributed by atoms with Gasteiger partial charge >= 0.3 is 0 Å². The molecule has 1 fully saturated rings.